The smallest absolute Gasteiger partial charge is 0.328 e. The first-order chi connectivity index (χ1) is 12.6. The standard InChI is InChI=1S/C20H29N3O3/c1-4-22(5-2)18-11-10-15(13-21-18)19(24)23-16-9-7-6-8-14(16)12-17(23)20(25)26-3/h10-11,13-14,16-17H,4-9,12H2,1-3H3. The Kier molecular flexibility index (Phi) is 5.79. The minimum absolute atomic E-state index is 0.103. The van der Waals surface area contributed by atoms with Crippen molar-refractivity contribution in [3.8, 4) is 0 Å². The number of aromatic nitrogens is 1. The molecular weight excluding hydrogens is 330 g/mol. The lowest BCUT2D eigenvalue weighted by Crippen LogP contribution is -2.46. The molecule has 0 N–H and O–H groups in total. The number of amides is 1. The maximum Gasteiger partial charge on any atom is 0.328 e. The van der Waals surface area contributed by atoms with Crippen LogP contribution >= 0.6 is 0 Å². The zero-order valence-electron chi connectivity index (χ0n) is 16.0. The van der Waals surface area contributed by atoms with Crippen LogP contribution in [-0.4, -0.2) is 54.0 Å². The van der Waals surface area contributed by atoms with E-state index in [-0.39, 0.29) is 17.9 Å². The van der Waals surface area contributed by atoms with Gasteiger partial charge in [-0.25, -0.2) is 9.78 Å². The summed E-state index contributed by atoms with van der Waals surface area (Å²) in [5, 5.41) is 0. The minimum atomic E-state index is -0.469. The second-order valence-electron chi connectivity index (χ2n) is 7.18. The molecule has 1 amide bonds. The number of hydrogen-bond acceptors (Lipinski definition) is 5. The molecule has 0 spiro atoms. The third kappa shape index (κ3) is 3.41. The summed E-state index contributed by atoms with van der Waals surface area (Å²) in [6.07, 6.45) is 6.69. The minimum Gasteiger partial charge on any atom is -0.467 e. The summed E-state index contributed by atoms with van der Waals surface area (Å²) in [5.74, 6) is 0.863. The predicted octanol–water partition coefficient (Wildman–Crippen LogP) is 2.87. The first-order valence-corrected chi connectivity index (χ1v) is 9.72. The number of fused-ring (bicyclic) bond motifs is 1. The largest absolute Gasteiger partial charge is 0.467 e. The number of anilines is 1. The van der Waals surface area contributed by atoms with E-state index in [0.717, 1.165) is 38.2 Å². The highest BCUT2D eigenvalue weighted by atomic mass is 16.5. The normalized spacial score (nSPS) is 24.9. The van der Waals surface area contributed by atoms with Gasteiger partial charge in [0.15, 0.2) is 0 Å². The second kappa shape index (κ2) is 8.06. The quantitative estimate of drug-likeness (QED) is 0.757. The molecule has 142 valence electrons. The molecule has 6 heteroatoms. The van der Waals surface area contributed by atoms with E-state index in [1.54, 1.807) is 11.1 Å². The summed E-state index contributed by atoms with van der Waals surface area (Å²) >= 11 is 0. The summed E-state index contributed by atoms with van der Waals surface area (Å²) in [7, 11) is 1.40. The number of nitrogens with zero attached hydrogens (tertiary/aromatic N) is 3. The van der Waals surface area contributed by atoms with Crippen molar-refractivity contribution < 1.29 is 14.3 Å². The molecule has 26 heavy (non-hydrogen) atoms. The van der Waals surface area contributed by atoms with Gasteiger partial charge in [-0.05, 0) is 51.2 Å². The van der Waals surface area contributed by atoms with E-state index in [1.165, 1.54) is 13.5 Å². The van der Waals surface area contributed by atoms with Crippen LogP contribution in [0.15, 0.2) is 18.3 Å². The Bertz CT molecular complexity index is 642. The van der Waals surface area contributed by atoms with Crippen LogP contribution in [0.4, 0.5) is 5.82 Å². The van der Waals surface area contributed by atoms with E-state index in [9.17, 15) is 9.59 Å². The SMILES string of the molecule is CCN(CC)c1ccc(C(=O)N2C(C(=O)OC)CC3CCCCC32)cn1. The molecule has 6 nitrogen and oxygen atoms in total. The Morgan fingerprint density at radius 2 is 1.96 bits per heavy atom. The maximum absolute atomic E-state index is 13.2. The molecule has 1 aromatic heterocycles. The fraction of sp³-hybridized carbons (Fsp3) is 0.650. The maximum atomic E-state index is 13.2. The molecule has 2 fully saturated rings. The summed E-state index contributed by atoms with van der Waals surface area (Å²) in [6.45, 7) is 5.91. The fourth-order valence-electron chi connectivity index (χ4n) is 4.49. The first-order valence-electron chi connectivity index (χ1n) is 9.72. The second-order valence-corrected chi connectivity index (χ2v) is 7.18. The van der Waals surface area contributed by atoms with Crippen LogP contribution in [-0.2, 0) is 9.53 Å². The number of rotatable bonds is 5. The molecule has 1 saturated heterocycles. The van der Waals surface area contributed by atoms with Gasteiger partial charge in [0.25, 0.3) is 5.91 Å². The third-order valence-electron chi connectivity index (χ3n) is 5.88. The molecule has 0 aromatic carbocycles. The monoisotopic (exact) mass is 359 g/mol. The van der Waals surface area contributed by atoms with E-state index in [1.807, 2.05) is 12.1 Å². The number of pyridine rings is 1. The van der Waals surface area contributed by atoms with Crippen LogP contribution in [0.25, 0.3) is 0 Å². The summed E-state index contributed by atoms with van der Waals surface area (Å²) in [6, 6.07) is 3.39. The van der Waals surface area contributed by atoms with Crippen LogP contribution in [0, 0.1) is 5.92 Å². The Morgan fingerprint density at radius 3 is 2.58 bits per heavy atom. The van der Waals surface area contributed by atoms with Gasteiger partial charge >= 0.3 is 5.97 Å². The van der Waals surface area contributed by atoms with Crippen molar-refractivity contribution in [1.29, 1.82) is 0 Å². The van der Waals surface area contributed by atoms with Crippen LogP contribution in [0.3, 0.4) is 0 Å². The van der Waals surface area contributed by atoms with Crippen molar-refractivity contribution in [3.05, 3.63) is 23.9 Å². The van der Waals surface area contributed by atoms with E-state index in [4.69, 9.17) is 4.74 Å². The molecule has 1 aromatic rings. The molecule has 3 rings (SSSR count). The molecule has 1 saturated carbocycles. The molecule has 0 radical (unpaired) electrons. The zero-order chi connectivity index (χ0) is 18.7. The highest BCUT2D eigenvalue weighted by Gasteiger charge is 2.48. The van der Waals surface area contributed by atoms with Crippen molar-refractivity contribution in [2.75, 3.05) is 25.1 Å². The van der Waals surface area contributed by atoms with Crippen LogP contribution < -0.4 is 4.90 Å². The number of hydrogen-bond donors (Lipinski definition) is 0. The predicted molar refractivity (Wildman–Crippen MR) is 100 cm³/mol. The van der Waals surface area contributed by atoms with Crippen LogP contribution in [0.2, 0.25) is 0 Å². The fourth-order valence-corrected chi connectivity index (χ4v) is 4.49. The van der Waals surface area contributed by atoms with Gasteiger partial charge in [0.05, 0.1) is 12.7 Å². The Labute approximate surface area is 155 Å². The molecule has 3 atom stereocenters. The molecule has 3 unspecified atom stereocenters. The Morgan fingerprint density at radius 1 is 1.23 bits per heavy atom. The number of carbonyl (C=O) groups excluding carboxylic acids is 2. The van der Waals surface area contributed by atoms with Crippen LogP contribution in [0.5, 0.6) is 0 Å². The topological polar surface area (TPSA) is 62.7 Å². The average Bonchev–Trinajstić information content (AvgIpc) is 3.08. The number of esters is 1. The van der Waals surface area contributed by atoms with Gasteiger partial charge in [-0.15, -0.1) is 0 Å². The van der Waals surface area contributed by atoms with Gasteiger partial charge in [-0.3, -0.25) is 4.79 Å². The lowest BCUT2D eigenvalue weighted by molar-refractivity contribution is -0.145. The summed E-state index contributed by atoms with van der Waals surface area (Å²) < 4.78 is 4.98. The number of likely N-dealkylation sites (tertiary alicyclic amines) is 1. The van der Waals surface area contributed by atoms with Crippen molar-refractivity contribution in [2.45, 2.75) is 58.0 Å². The molecule has 2 heterocycles. The lowest BCUT2D eigenvalue weighted by Gasteiger charge is -2.33. The Balaban J connectivity index is 1.84. The number of carbonyl (C=O) groups is 2. The van der Waals surface area contributed by atoms with Crippen molar-refractivity contribution in [1.82, 2.24) is 9.88 Å². The van der Waals surface area contributed by atoms with Gasteiger partial charge in [-0.1, -0.05) is 12.8 Å². The molecule has 2 aliphatic rings. The highest BCUT2D eigenvalue weighted by Crippen LogP contribution is 2.40. The van der Waals surface area contributed by atoms with Crippen molar-refractivity contribution in [2.24, 2.45) is 5.92 Å². The van der Waals surface area contributed by atoms with Gasteiger partial charge in [0.2, 0.25) is 0 Å². The molecule has 1 aliphatic heterocycles. The zero-order valence-corrected chi connectivity index (χ0v) is 16.0. The van der Waals surface area contributed by atoms with Gasteiger partial charge in [-0.2, -0.15) is 0 Å². The van der Waals surface area contributed by atoms with Crippen LogP contribution in [0.1, 0.15) is 56.3 Å². The summed E-state index contributed by atoms with van der Waals surface area (Å²) in [4.78, 5) is 33.9. The van der Waals surface area contributed by atoms with E-state index >= 15 is 0 Å². The Hall–Kier alpha value is -2.11. The van der Waals surface area contributed by atoms with Crippen molar-refractivity contribution >= 4 is 17.7 Å². The number of methoxy groups -OCH3 is 1. The van der Waals surface area contributed by atoms with Gasteiger partial charge in [0, 0.05) is 25.3 Å². The van der Waals surface area contributed by atoms with Gasteiger partial charge in [0.1, 0.15) is 11.9 Å². The molecule has 1 aliphatic carbocycles. The van der Waals surface area contributed by atoms with E-state index in [0.29, 0.717) is 17.9 Å². The third-order valence-corrected chi connectivity index (χ3v) is 5.88. The molecular formula is C20H29N3O3. The highest BCUT2D eigenvalue weighted by molar-refractivity contribution is 5.97. The number of ether oxygens (including phenoxy) is 1. The van der Waals surface area contributed by atoms with E-state index in [2.05, 4.69) is 23.7 Å². The van der Waals surface area contributed by atoms with E-state index < -0.39 is 6.04 Å². The lowest BCUT2D eigenvalue weighted by atomic mass is 9.84. The first kappa shape index (κ1) is 18.7. The average molecular weight is 359 g/mol. The molecule has 0 bridgehead atoms. The summed E-state index contributed by atoms with van der Waals surface area (Å²) in [5.41, 5.74) is 0.543. The van der Waals surface area contributed by atoms with Gasteiger partial charge < -0.3 is 14.5 Å². The van der Waals surface area contributed by atoms with Crippen molar-refractivity contribution in [3.63, 3.8) is 0 Å².